The molecule has 3 amide bonds. The number of nitrogen functional groups attached to an aromatic ring is 1. The number of H-pyrrole nitrogens is 1. The molecule has 3 heterocycles. The fourth-order valence-corrected chi connectivity index (χ4v) is 5.89. The standard InChI is InChI=1S/C38H41N7O6/c1-23-19-26(50-32-10-8-7-9-27(32)36(48)42(5)6)12-14-31(23)45-34(39)28(22-40-45)33(46)30-21-25-20-24(11-13-29(25)41-30)35(47)43-15-17-44(18-16-43)37(49)51-38(2,3)4/h7-14,19-22,41H,15-18,39H2,1-6H3. The third-order valence-electron chi connectivity index (χ3n) is 8.53. The van der Waals surface area contributed by atoms with E-state index in [1.54, 1.807) is 84.6 Å². The molecule has 0 atom stereocenters. The van der Waals surface area contributed by atoms with Gasteiger partial charge < -0.3 is 34.9 Å². The van der Waals surface area contributed by atoms with Crippen molar-refractivity contribution in [1.29, 1.82) is 0 Å². The number of fused-ring (bicyclic) bond motifs is 1. The molecule has 0 bridgehead atoms. The zero-order chi connectivity index (χ0) is 36.6. The lowest BCUT2D eigenvalue weighted by Gasteiger charge is -2.35. The predicted molar refractivity (Wildman–Crippen MR) is 193 cm³/mol. The van der Waals surface area contributed by atoms with Crippen LogP contribution in [0.25, 0.3) is 16.6 Å². The molecule has 264 valence electrons. The summed E-state index contributed by atoms with van der Waals surface area (Å²) in [4.78, 5) is 60.0. The van der Waals surface area contributed by atoms with Crippen LogP contribution >= 0.6 is 0 Å². The number of hydrogen-bond acceptors (Lipinski definition) is 8. The van der Waals surface area contributed by atoms with Crippen LogP contribution in [0.5, 0.6) is 11.5 Å². The molecule has 1 saturated heterocycles. The summed E-state index contributed by atoms with van der Waals surface area (Å²) < 4.78 is 13.0. The first-order chi connectivity index (χ1) is 24.2. The Balaban J connectivity index is 1.15. The number of benzene rings is 3. The smallest absolute Gasteiger partial charge is 0.410 e. The van der Waals surface area contributed by atoms with Gasteiger partial charge in [0.05, 0.1) is 28.7 Å². The van der Waals surface area contributed by atoms with Gasteiger partial charge in [-0.2, -0.15) is 5.10 Å². The predicted octanol–water partition coefficient (Wildman–Crippen LogP) is 5.66. The van der Waals surface area contributed by atoms with Gasteiger partial charge in [0.1, 0.15) is 22.9 Å². The third kappa shape index (κ3) is 7.28. The highest BCUT2D eigenvalue weighted by Gasteiger charge is 2.28. The highest BCUT2D eigenvalue weighted by Crippen LogP contribution is 2.30. The molecule has 0 spiro atoms. The largest absolute Gasteiger partial charge is 0.457 e. The summed E-state index contributed by atoms with van der Waals surface area (Å²) in [5.41, 5.74) is 9.48. The zero-order valence-electron chi connectivity index (χ0n) is 29.5. The number of aromatic amines is 1. The molecule has 0 aliphatic carbocycles. The Bertz CT molecular complexity index is 2150. The van der Waals surface area contributed by atoms with Crippen LogP contribution in [0.4, 0.5) is 10.6 Å². The van der Waals surface area contributed by atoms with Gasteiger partial charge in [0.2, 0.25) is 5.78 Å². The maximum absolute atomic E-state index is 13.7. The van der Waals surface area contributed by atoms with Gasteiger partial charge in [-0.25, -0.2) is 9.48 Å². The van der Waals surface area contributed by atoms with E-state index in [0.29, 0.717) is 71.1 Å². The van der Waals surface area contributed by atoms with E-state index < -0.39 is 5.60 Å². The van der Waals surface area contributed by atoms with Crippen molar-refractivity contribution in [3.8, 4) is 17.2 Å². The average molecular weight is 692 g/mol. The van der Waals surface area contributed by atoms with Crippen molar-refractivity contribution in [2.45, 2.75) is 33.3 Å². The number of aromatic nitrogens is 3. The molecule has 1 aliphatic rings. The summed E-state index contributed by atoms with van der Waals surface area (Å²) in [6, 6.07) is 19.3. The summed E-state index contributed by atoms with van der Waals surface area (Å²) in [7, 11) is 3.37. The number of carbonyl (C=O) groups excluding carboxylic acids is 4. The van der Waals surface area contributed by atoms with Gasteiger partial charge in [-0.3, -0.25) is 14.4 Å². The molecule has 0 saturated carbocycles. The summed E-state index contributed by atoms with van der Waals surface area (Å²) in [5, 5.41) is 5.12. The lowest BCUT2D eigenvalue weighted by molar-refractivity contribution is 0.0141. The maximum Gasteiger partial charge on any atom is 0.410 e. The lowest BCUT2D eigenvalue weighted by Crippen LogP contribution is -2.51. The minimum absolute atomic E-state index is 0.154. The Labute approximate surface area is 295 Å². The van der Waals surface area contributed by atoms with E-state index in [1.807, 2.05) is 33.8 Å². The van der Waals surface area contributed by atoms with Gasteiger partial charge in [-0.1, -0.05) is 12.1 Å². The second kappa shape index (κ2) is 13.7. The molecule has 0 radical (unpaired) electrons. The second-order valence-corrected chi connectivity index (χ2v) is 13.7. The van der Waals surface area contributed by atoms with Gasteiger partial charge in [-0.05, 0) is 87.9 Å². The number of nitrogens with one attached hydrogen (secondary N) is 1. The molecule has 13 heteroatoms. The van der Waals surface area contributed by atoms with Gasteiger partial charge >= 0.3 is 6.09 Å². The van der Waals surface area contributed by atoms with Crippen molar-refractivity contribution >= 4 is 40.4 Å². The van der Waals surface area contributed by atoms with Crippen LogP contribution in [-0.4, -0.2) is 99.0 Å². The lowest BCUT2D eigenvalue weighted by atomic mass is 10.1. The molecular formula is C38H41N7O6. The fourth-order valence-electron chi connectivity index (χ4n) is 5.89. The highest BCUT2D eigenvalue weighted by molar-refractivity contribution is 6.13. The molecular weight excluding hydrogens is 650 g/mol. The number of anilines is 1. The number of ether oxygens (including phenoxy) is 2. The Hall–Kier alpha value is -6.11. The van der Waals surface area contributed by atoms with Gasteiger partial charge in [-0.15, -0.1) is 0 Å². The number of aryl methyl sites for hydroxylation is 1. The number of rotatable bonds is 7. The molecule has 3 N–H and O–H groups in total. The minimum atomic E-state index is -0.589. The number of piperazine rings is 1. The van der Waals surface area contributed by atoms with Crippen LogP contribution in [0.1, 0.15) is 63.1 Å². The van der Waals surface area contributed by atoms with Crippen molar-refractivity contribution in [1.82, 2.24) is 29.5 Å². The molecule has 1 fully saturated rings. The summed E-state index contributed by atoms with van der Waals surface area (Å²) in [6.07, 6.45) is 1.05. The van der Waals surface area contributed by atoms with E-state index in [0.717, 1.165) is 5.56 Å². The van der Waals surface area contributed by atoms with Crippen molar-refractivity contribution in [3.63, 3.8) is 0 Å². The number of nitrogens with zero attached hydrogens (tertiary/aromatic N) is 5. The minimum Gasteiger partial charge on any atom is -0.457 e. The Morgan fingerprint density at radius 3 is 2.27 bits per heavy atom. The Morgan fingerprint density at radius 2 is 1.59 bits per heavy atom. The summed E-state index contributed by atoms with van der Waals surface area (Å²) in [5.74, 6) is 0.452. The number of para-hydroxylation sites is 1. The van der Waals surface area contributed by atoms with Crippen LogP contribution in [0.15, 0.2) is 72.9 Å². The highest BCUT2D eigenvalue weighted by atomic mass is 16.6. The van der Waals surface area contributed by atoms with Gasteiger partial charge in [0.15, 0.2) is 0 Å². The zero-order valence-corrected chi connectivity index (χ0v) is 29.5. The molecule has 2 aromatic heterocycles. The van der Waals surface area contributed by atoms with Gasteiger partial charge in [0, 0.05) is 56.7 Å². The monoisotopic (exact) mass is 691 g/mol. The van der Waals surface area contributed by atoms with E-state index in [2.05, 4.69) is 10.1 Å². The van der Waals surface area contributed by atoms with Crippen molar-refractivity contribution < 1.29 is 28.7 Å². The SMILES string of the molecule is Cc1cc(Oc2ccccc2C(=O)N(C)C)ccc1-n1ncc(C(=O)c2cc3cc(C(=O)N4CCN(C(=O)OC(C)(C)C)CC4)ccc3[nH]2)c1N. The van der Waals surface area contributed by atoms with Crippen molar-refractivity contribution in [2.75, 3.05) is 46.0 Å². The number of amides is 3. The number of nitrogens with two attached hydrogens (primary N) is 1. The van der Waals surface area contributed by atoms with Crippen LogP contribution in [0.3, 0.4) is 0 Å². The summed E-state index contributed by atoms with van der Waals surface area (Å²) in [6.45, 7) is 8.87. The van der Waals surface area contributed by atoms with Crippen LogP contribution in [0, 0.1) is 6.92 Å². The number of carbonyl (C=O) groups is 4. The molecule has 1 aliphatic heterocycles. The maximum atomic E-state index is 13.7. The number of hydrogen-bond donors (Lipinski definition) is 2. The Kier molecular flexibility index (Phi) is 9.30. The first-order valence-corrected chi connectivity index (χ1v) is 16.6. The van der Waals surface area contributed by atoms with Crippen molar-refractivity contribution in [2.24, 2.45) is 0 Å². The molecule has 13 nitrogen and oxygen atoms in total. The van der Waals surface area contributed by atoms with E-state index in [-0.39, 0.29) is 35.1 Å². The average Bonchev–Trinajstić information content (AvgIpc) is 3.70. The normalized spacial score (nSPS) is 13.3. The summed E-state index contributed by atoms with van der Waals surface area (Å²) >= 11 is 0. The van der Waals surface area contributed by atoms with Gasteiger partial charge in [0.25, 0.3) is 11.8 Å². The molecule has 3 aromatic carbocycles. The van der Waals surface area contributed by atoms with Crippen LogP contribution in [-0.2, 0) is 4.74 Å². The van der Waals surface area contributed by atoms with Crippen LogP contribution in [0.2, 0.25) is 0 Å². The third-order valence-corrected chi connectivity index (χ3v) is 8.53. The second-order valence-electron chi connectivity index (χ2n) is 13.7. The van der Waals surface area contributed by atoms with E-state index >= 15 is 0 Å². The quantitative estimate of drug-likeness (QED) is 0.207. The first kappa shape index (κ1) is 34.7. The van der Waals surface area contributed by atoms with E-state index in [1.165, 1.54) is 15.8 Å². The molecule has 6 rings (SSSR count). The molecule has 0 unspecified atom stereocenters. The van der Waals surface area contributed by atoms with Crippen molar-refractivity contribution in [3.05, 3.63) is 101 Å². The van der Waals surface area contributed by atoms with Crippen LogP contribution < -0.4 is 10.5 Å². The van der Waals surface area contributed by atoms with E-state index in [4.69, 9.17) is 15.2 Å². The Morgan fingerprint density at radius 1 is 0.882 bits per heavy atom. The number of ketones is 1. The van der Waals surface area contributed by atoms with E-state index in [9.17, 15) is 19.2 Å². The molecule has 5 aromatic rings. The topological polar surface area (TPSA) is 156 Å². The first-order valence-electron chi connectivity index (χ1n) is 16.6. The molecule has 51 heavy (non-hydrogen) atoms. The fraction of sp³-hybridized carbons (Fsp3) is 0.289.